The molecule has 0 bridgehead atoms. The van der Waals surface area contributed by atoms with Gasteiger partial charge in [0, 0.05) is 120 Å². The van der Waals surface area contributed by atoms with Crippen molar-refractivity contribution in [3.05, 3.63) is 40.3 Å². The van der Waals surface area contributed by atoms with E-state index >= 15 is 0 Å². The van der Waals surface area contributed by atoms with Crippen LogP contribution in [0.15, 0.2) is 29.4 Å². The quantitative estimate of drug-likeness (QED) is 0.0145. The normalized spacial score (nSPS) is 11.5. The maximum atomic E-state index is 12.3. The molecule has 1 aromatic carbocycles. The molecule has 32 heteroatoms. The highest BCUT2D eigenvalue weighted by Crippen LogP contribution is 2.36. The van der Waals surface area contributed by atoms with E-state index in [2.05, 4.69) is 101 Å². The van der Waals surface area contributed by atoms with Crippen molar-refractivity contribution in [3.63, 3.8) is 0 Å². The lowest BCUT2D eigenvalue weighted by atomic mass is 10.2. The summed E-state index contributed by atoms with van der Waals surface area (Å²) in [4.78, 5) is 129. The zero-order chi connectivity index (χ0) is 68.7. The van der Waals surface area contributed by atoms with E-state index in [0.717, 1.165) is 5.56 Å². The van der Waals surface area contributed by atoms with Gasteiger partial charge >= 0.3 is 6.09 Å². The van der Waals surface area contributed by atoms with Crippen LogP contribution >= 0.6 is 94.9 Å². The topological polar surface area (TPSA) is 342 Å². The summed E-state index contributed by atoms with van der Waals surface area (Å²) in [5.74, 6) is 1.49. The standard InChI is InChI=1S/C17H24N4O3S2.2C8H16N2O2S.C8H16N2O2.C5H11NOS.2C4H8OS.H3NS.5H2/c1-12(22)15(11-25-26-17(2,3)4)21(5)16(23)24-10-13-6-8-14(9-7-13)19-20-18;1-4-7(11)10(3)6(5-13)8(12)9-2;1-4-7(11)13-5-6(9-2)8(12)10-3;1-5-7(11)10(4)6(2)8(12)9-3;1-4(7)5(3-8)6-2;2*1-3-4(5)6-2;1-2;;;;;/h6-9,15H,10-11H2,1-5H3;6,13H,4-5H2,1-3H3,(H,9,12);6,9H,4-5H2,1-3H3,(H,10,12);6H,5H2,1-4H3,(H,9,12);5-6,8H,3H2,1-2H3;2*3H2,1-2H3;2H,1H2;5*1H/t15-;3*6-;5-;;;;;;;;/m01110......../s1/i;;;;;;;;5*1+1. The molecule has 86 heavy (non-hydrogen) atoms. The van der Waals surface area contributed by atoms with Gasteiger partial charge in [-0.05, 0) is 58.5 Å². The maximum Gasteiger partial charge on any atom is 0.410 e. The van der Waals surface area contributed by atoms with Crippen molar-refractivity contribution in [1.82, 2.24) is 41.3 Å². The summed E-state index contributed by atoms with van der Waals surface area (Å²) in [5.41, 5.74) is 9.64. The highest BCUT2D eigenvalue weighted by Gasteiger charge is 2.27. The third-order valence-electron chi connectivity index (χ3n) is 10.7. The van der Waals surface area contributed by atoms with Gasteiger partial charge in [0.25, 0.3) is 0 Å². The number of nitrogens with one attached hydrogen (secondary N) is 5. The van der Waals surface area contributed by atoms with E-state index in [4.69, 9.17) is 10.3 Å². The van der Waals surface area contributed by atoms with Gasteiger partial charge < -0.3 is 46.0 Å². The van der Waals surface area contributed by atoms with E-state index in [1.165, 1.54) is 56.9 Å². The SMILES string of the molecule is CC(=O)[C@H](CSSC(C)(C)C)N(C)C(=O)OCc1ccc(N=[N+]=[N-])cc1.CCC(=O)N(C)[C@H](C)C(=O)NC.CCC(=O)N(C)[C@H](CS)C(=O)NC.CCC(=O)SC.CCC(=O)SC.CCC(=O)SC[C@@H](NC)C(=O)NC.CN[C@@H](CS)C(C)=O.NS.[2HH].[2HH].[2HH].[2HH].[2HH]. The van der Waals surface area contributed by atoms with Gasteiger partial charge in [-0.15, -0.1) is 12.8 Å². The van der Waals surface area contributed by atoms with E-state index in [1.54, 1.807) is 142 Å². The van der Waals surface area contributed by atoms with Crippen molar-refractivity contribution in [3.8, 4) is 0 Å². The van der Waals surface area contributed by atoms with Crippen molar-refractivity contribution in [2.24, 2.45) is 10.3 Å². The molecule has 0 aliphatic rings. The van der Waals surface area contributed by atoms with Crippen LogP contribution in [-0.2, 0) is 59.3 Å². The molecular weight excluding hydrogens is 1270 g/mol. The Morgan fingerprint density at radius 1 is 0.640 bits per heavy atom. The van der Waals surface area contributed by atoms with Gasteiger partial charge in [0.05, 0.1) is 12.1 Å². The highest BCUT2D eigenvalue weighted by molar-refractivity contribution is 8.77. The molecule has 5 atom stereocenters. The zero-order valence-electron chi connectivity index (χ0n) is 54.3. The molecule has 0 fully saturated rings. The summed E-state index contributed by atoms with van der Waals surface area (Å²) in [6.45, 7) is 20.2. The molecule has 0 spiro atoms. The molecule has 24 nitrogen and oxygen atoms in total. The first-order valence-electron chi connectivity index (χ1n) is 26.9. The minimum absolute atomic E-state index is 0. The smallest absolute Gasteiger partial charge is 0.410 e. The minimum atomic E-state index is -0.550. The Morgan fingerprint density at radius 3 is 1.38 bits per heavy atom. The molecule has 0 heterocycles. The number of hydrogen-bond donors (Lipinski definition) is 9. The van der Waals surface area contributed by atoms with Gasteiger partial charge in [-0.1, -0.05) is 142 Å². The second-order valence-corrected chi connectivity index (χ2v) is 24.6. The van der Waals surface area contributed by atoms with Crippen LogP contribution in [0.25, 0.3) is 10.4 Å². The van der Waals surface area contributed by atoms with E-state index in [-0.39, 0.29) is 93.1 Å². The third kappa shape index (κ3) is 52.1. The Kier molecular flexibility index (Phi) is 68.4. The molecule has 0 saturated carbocycles. The second kappa shape index (κ2) is 61.4. The monoisotopic (exact) mass is 1380 g/mol. The Balaban J connectivity index is -0.0000000838. The number of amides is 6. The first-order chi connectivity index (χ1) is 40.2. The number of ether oxygens (including phenoxy) is 1. The summed E-state index contributed by atoms with van der Waals surface area (Å²) < 4.78 is 5.36. The Bertz CT molecular complexity index is 2120. The van der Waals surface area contributed by atoms with Crippen LogP contribution in [-0.4, -0.2) is 204 Å². The molecule has 7 N–H and O–H groups in total. The fourth-order valence-corrected chi connectivity index (χ4v) is 10.1. The number of benzene rings is 1. The summed E-state index contributed by atoms with van der Waals surface area (Å²) in [5, 5.41) is 21.5. The van der Waals surface area contributed by atoms with Crippen molar-refractivity contribution in [1.29, 1.82) is 0 Å². The van der Waals surface area contributed by atoms with Crippen LogP contribution in [0, 0.1) is 0 Å². The largest absolute Gasteiger partial charge is 0.445 e. The van der Waals surface area contributed by atoms with Gasteiger partial charge in [-0.3, -0.25) is 53.1 Å². The number of carbonyl (C=O) groups excluding carboxylic acids is 11. The molecule has 0 aromatic heterocycles. The molecule has 1 aromatic rings. The van der Waals surface area contributed by atoms with E-state index in [9.17, 15) is 52.7 Å². The number of carbonyl (C=O) groups is 11. The predicted octanol–water partition coefficient (Wildman–Crippen LogP) is 8.90. The number of thiol groups is 3. The van der Waals surface area contributed by atoms with Crippen LogP contribution < -0.4 is 31.7 Å². The number of thioether (sulfide) groups is 3. The molecule has 0 radical (unpaired) electrons. The average molecular weight is 1380 g/mol. The first-order valence-corrected chi connectivity index (χ1v) is 34.4. The van der Waals surface area contributed by atoms with Crippen molar-refractivity contribution >= 4 is 163 Å². The van der Waals surface area contributed by atoms with Crippen molar-refractivity contribution < 1.29 is 64.6 Å². The number of likely N-dealkylation sites (N-methyl/N-ethyl adjacent to an activating group) is 8. The second-order valence-electron chi connectivity index (χ2n) is 17.9. The van der Waals surface area contributed by atoms with Gasteiger partial charge in [0.15, 0.2) is 21.1 Å². The number of hydrogen-bond acceptors (Lipinski definition) is 24. The molecule has 6 amide bonds. The summed E-state index contributed by atoms with van der Waals surface area (Å²) in [7, 11) is 16.2. The van der Waals surface area contributed by atoms with Gasteiger partial charge in [-0.2, -0.15) is 25.3 Å². The summed E-state index contributed by atoms with van der Waals surface area (Å²) in [6, 6.07) is 4.98. The van der Waals surface area contributed by atoms with E-state index in [1.807, 2.05) is 20.8 Å². The molecule has 0 aliphatic carbocycles. The summed E-state index contributed by atoms with van der Waals surface area (Å²) >= 11 is 14.8. The van der Waals surface area contributed by atoms with Crippen LogP contribution in [0.2, 0.25) is 0 Å². The lowest BCUT2D eigenvalue weighted by Gasteiger charge is -2.26. The number of nitrogens with zero attached hydrogens (tertiary/aromatic N) is 6. The molecule has 0 saturated heterocycles. The molecular formula is C54H112N12O12S8. The van der Waals surface area contributed by atoms with Crippen molar-refractivity contribution in [2.75, 3.05) is 91.9 Å². The average Bonchev–Trinajstić information content (AvgIpc) is 3.69. The Labute approximate surface area is 557 Å². The number of rotatable bonds is 25. The van der Waals surface area contributed by atoms with Crippen LogP contribution in [0.3, 0.4) is 0 Å². The lowest BCUT2D eigenvalue weighted by molar-refractivity contribution is -0.137. The lowest BCUT2D eigenvalue weighted by Crippen LogP contribution is -2.47. The fourth-order valence-electron chi connectivity index (χ4n) is 5.14. The summed E-state index contributed by atoms with van der Waals surface area (Å²) in [6.07, 6.45) is 5.69. The minimum Gasteiger partial charge on any atom is -0.445 e. The predicted molar refractivity (Wildman–Crippen MR) is 382 cm³/mol. The molecule has 1 rings (SSSR count). The third-order valence-corrected chi connectivity index (χ3v) is 17.3. The van der Waals surface area contributed by atoms with Gasteiger partial charge in [0.2, 0.25) is 29.5 Å². The zero-order valence-corrected chi connectivity index (χ0v) is 61.1. The van der Waals surface area contributed by atoms with Gasteiger partial charge in [0.1, 0.15) is 30.5 Å². The highest BCUT2D eigenvalue weighted by atomic mass is 33.1. The number of Topliss-reactive ketones (excluding diaryl/α,β-unsaturated/α-hetero) is 2. The first kappa shape index (κ1) is 95.8. The van der Waals surface area contributed by atoms with Crippen LogP contribution in [0.4, 0.5) is 10.5 Å². The maximum absolute atomic E-state index is 12.3. The molecule has 0 unspecified atom stereocenters. The number of ketones is 2. The van der Waals surface area contributed by atoms with Crippen molar-refractivity contribution in [2.45, 2.75) is 150 Å². The number of azide groups is 1. The molecule has 508 valence electrons. The fraction of sp³-hybridized carbons (Fsp3) is 0.685. The Hall–Kier alpha value is -3.82. The van der Waals surface area contributed by atoms with Gasteiger partial charge in [-0.25, -0.2) is 4.79 Å². The van der Waals surface area contributed by atoms with Crippen LogP contribution in [0.1, 0.15) is 121 Å². The van der Waals surface area contributed by atoms with Crippen LogP contribution in [0.5, 0.6) is 0 Å². The number of nitrogens with two attached hydrogens (primary N) is 1. The van der Waals surface area contributed by atoms with E-state index in [0.29, 0.717) is 60.8 Å². The Morgan fingerprint density at radius 2 is 1.08 bits per heavy atom. The van der Waals surface area contributed by atoms with E-state index < -0.39 is 18.2 Å². The molecule has 0 aliphatic heterocycles.